The second-order valence-electron chi connectivity index (χ2n) is 6.59. The fourth-order valence-electron chi connectivity index (χ4n) is 4.14. The van der Waals surface area contributed by atoms with Crippen LogP contribution < -0.4 is 0 Å². The summed E-state index contributed by atoms with van der Waals surface area (Å²) in [7, 11) is -0.00996. The molecule has 0 spiro atoms. The molecule has 2 aliphatic heterocycles. The van der Waals surface area contributed by atoms with Crippen LogP contribution in [-0.2, 0) is 24.9 Å². The number of aliphatic hydroxyl groups is 1. The number of rotatable bonds is 4. The summed E-state index contributed by atoms with van der Waals surface area (Å²) in [6.07, 6.45) is 2.13. The van der Waals surface area contributed by atoms with E-state index in [4.69, 9.17) is 9.47 Å². The normalized spacial score (nSPS) is 32.9. The lowest BCUT2D eigenvalue weighted by Crippen LogP contribution is -2.50. The number of sulfone groups is 1. The van der Waals surface area contributed by atoms with E-state index in [1.807, 2.05) is 24.3 Å². The van der Waals surface area contributed by atoms with Crippen molar-refractivity contribution in [1.82, 2.24) is 0 Å². The van der Waals surface area contributed by atoms with Crippen molar-refractivity contribution in [1.29, 1.82) is 0 Å². The summed E-state index contributed by atoms with van der Waals surface area (Å²) in [6.45, 7) is 0. The van der Waals surface area contributed by atoms with Gasteiger partial charge >= 0.3 is 0 Å². The molecule has 0 aromatic heterocycles. The van der Waals surface area contributed by atoms with Crippen LogP contribution in [0.15, 0.2) is 24.3 Å². The molecule has 0 aliphatic carbocycles. The predicted octanol–water partition coefficient (Wildman–Crippen LogP) is 2.30. The van der Waals surface area contributed by atoms with Gasteiger partial charge in [-0.1, -0.05) is 30.7 Å². The molecule has 128 valence electrons. The van der Waals surface area contributed by atoms with Crippen molar-refractivity contribution in [2.24, 2.45) is 0 Å². The van der Waals surface area contributed by atoms with Gasteiger partial charge in [0.15, 0.2) is 16.1 Å². The van der Waals surface area contributed by atoms with E-state index in [9.17, 15) is 13.5 Å². The Morgan fingerprint density at radius 1 is 1.13 bits per heavy atom. The molecule has 2 unspecified atom stereocenters. The third-order valence-corrected chi connectivity index (χ3v) is 7.92. The minimum atomic E-state index is -3.11. The van der Waals surface area contributed by atoms with E-state index in [0.29, 0.717) is 12.8 Å². The van der Waals surface area contributed by atoms with Gasteiger partial charge < -0.3 is 14.6 Å². The molecule has 23 heavy (non-hydrogen) atoms. The van der Waals surface area contributed by atoms with Crippen molar-refractivity contribution in [2.75, 3.05) is 14.2 Å². The summed E-state index contributed by atoms with van der Waals surface area (Å²) < 4.78 is 35.7. The highest BCUT2D eigenvalue weighted by Crippen LogP contribution is 2.47. The number of fused-ring (bicyclic) bond motifs is 2. The molecule has 2 bridgehead atoms. The summed E-state index contributed by atoms with van der Waals surface area (Å²) in [5, 5.41) is 10.4. The Labute approximate surface area is 137 Å². The molecule has 2 atom stereocenters. The molecule has 2 aliphatic rings. The summed E-state index contributed by atoms with van der Waals surface area (Å²) in [5.41, 5.74) is 0.338. The van der Waals surface area contributed by atoms with Crippen molar-refractivity contribution >= 4 is 9.84 Å². The van der Waals surface area contributed by atoms with Crippen LogP contribution in [0.5, 0.6) is 0 Å². The Bertz CT molecular complexity index is 645. The molecule has 1 N–H and O–H groups in total. The van der Waals surface area contributed by atoms with Crippen molar-refractivity contribution in [3.8, 4) is 0 Å². The van der Waals surface area contributed by atoms with Crippen molar-refractivity contribution in [3.63, 3.8) is 0 Å². The maximum atomic E-state index is 12.5. The molecular weight excluding hydrogens is 316 g/mol. The van der Waals surface area contributed by atoms with Crippen LogP contribution in [-0.4, -0.2) is 38.2 Å². The minimum absolute atomic E-state index is 0.253. The van der Waals surface area contributed by atoms with E-state index >= 15 is 0 Å². The Morgan fingerprint density at radius 3 is 2.26 bits per heavy atom. The molecule has 1 aromatic rings. The largest absolute Gasteiger partial charge is 0.385 e. The van der Waals surface area contributed by atoms with Gasteiger partial charge in [0.1, 0.15) is 0 Å². The molecule has 2 saturated heterocycles. The minimum Gasteiger partial charge on any atom is -0.385 e. The smallest absolute Gasteiger partial charge is 0.183 e. The zero-order valence-corrected chi connectivity index (χ0v) is 14.4. The van der Waals surface area contributed by atoms with Gasteiger partial charge in [-0.2, -0.15) is 0 Å². The highest BCUT2D eigenvalue weighted by atomic mass is 32.2. The van der Waals surface area contributed by atoms with Crippen LogP contribution in [0.25, 0.3) is 0 Å². The van der Waals surface area contributed by atoms with Gasteiger partial charge in [0, 0.05) is 19.8 Å². The van der Waals surface area contributed by atoms with Crippen LogP contribution in [0.4, 0.5) is 0 Å². The van der Waals surface area contributed by atoms with Crippen molar-refractivity contribution in [2.45, 2.75) is 54.5 Å². The monoisotopic (exact) mass is 340 g/mol. The summed E-state index contributed by atoms with van der Waals surface area (Å²) in [4.78, 5) is 0. The quantitative estimate of drug-likeness (QED) is 0.852. The van der Waals surface area contributed by atoms with E-state index in [1.165, 1.54) is 0 Å². The van der Waals surface area contributed by atoms with Crippen LogP contribution in [0.2, 0.25) is 0 Å². The molecule has 0 amide bonds. The summed E-state index contributed by atoms with van der Waals surface area (Å²) in [6, 6.07) is 7.45. The Kier molecular flexibility index (Phi) is 4.53. The fourth-order valence-corrected chi connectivity index (χ4v) is 6.69. The first-order chi connectivity index (χ1) is 10.9. The van der Waals surface area contributed by atoms with Gasteiger partial charge in [-0.05, 0) is 31.2 Å². The highest BCUT2D eigenvalue weighted by Gasteiger charge is 2.51. The standard InChI is InChI=1S/C17H24O5S/c1-21-16(22-2)14-8-3-4-9-15(14)17(18)10-12-6-5-7-13(11-17)23(12,19)20/h3-4,8-9,12-13,16,18H,5-7,10-11H2,1-2H3. The number of hydrogen-bond acceptors (Lipinski definition) is 5. The third kappa shape index (κ3) is 2.82. The van der Waals surface area contributed by atoms with Gasteiger partial charge in [-0.15, -0.1) is 0 Å². The van der Waals surface area contributed by atoms with E-state index in [0.717, 1.165) is 17.5 Å². The van der Waals surface area contributed by atoms with E-state index < -0.39 is 32.2 Å². The zero-order chi connectivity index (χ0) is 16.7. The molecule has 0 radical (unpaired) electrons. The molecule has 1 aromatic carbocycles. The SMILES string of the molecule is COC(OC)c1ccccc1C1(O)CC2CCCC(C1)S2(=O)=O. The molecule has 2 heterocycles. The number of methoxy groups -OCH3 is 2. The number of hydrogen-bond donors (Lipinski definition) is 1. The second kappa shape index (κ2) is 6.16. The molecule has 5 nitrogen and oxygen atoms in total. The Balaban J connectivity index is 2.02. The lowest BCUT2D eigenvalue weighted by Gasteiger charge is -2.44. The maximum absolute atomic E-state index is 12.5. The number of ether oxygens (including phenoxy) is 2. The van der Waals surface area contributed by atoms with Crippen LogP contribution in [0.3, 0.4) is 0 Å². The Hall–Kier alpha value is -0.950. The van der Waals surface area contributed by atoms with Crippen LogP contribution >= 0.6 is 0 Å². The first kappa shape index (κ1) is 16.9. The highest BCUT2D eigenvalue weighted by molar-refractivity contribution is 7.92. The van der Waals surface area contributed by atoms with E-state index in [-0.39, 0.29) is 12.8 Å². The molecular formula is C17H24O5S. The first-order valence-electron chi connectivity index (χ1n) is 8.02. The third-order valence-electron chi connectivity index (χ3n) is 5.26. The average Bonchev–Trinajstić information content (AvgIpc) is 2.51. The molecule has 3 rings (SSSR count). The first-order valence-corrected chi connectivity index (χ1v) is 9.63. The van der Waals surface area contributed by atoms with Gasteiger partial charge in [-0.3, -0.25) is 0 Å². The molecule has 2 fully saturated rings. The second-order valence-corrected chi connectivity index (χ2v) is 9.11. The van der Waals surface area contributed by atoms with Gasteiger partial charge in [0.25, 0.3) is 0 Å². The average molecular weight is 340 g/mol. The lowest BCUT2D eigenvalue weighted by molar-refractivity contribution is -0.109. The summed E-state index contributed by atoms with van der Waals surface area (Å²) >= 11 is 0. The zero-order valence-electron chi connectivity index (χ0n) is 13.6. The number of benzene rings is 1. The van der Waals surface area contributed by atoms with Crippen molar-refractivity contribution < 1.29 is 23.0 Å². The predicted molar refractivity (Wildman–Crippen MR) is 86.7 cm³/mol. The summed E-state index contributed by atoms with van der Waals surface area (Å²) in [5.74, 6) is 0. The van der Waals surface area contributed by atoms with Gasteiger partial charge in [-0.25, -0.2) is 8.42 Å². The van der Waals surface area contributed by atoms with Gasteiger partial charge in [0.05, 0.1) is 16.1 Å². The maximum Gasteiger partial charge on any atom is 0.183 e. The van der Waals surface area contributed by atoms with Crippen LogP contribution in [0.1, 0.15) is 49.5 Å². The molecule has 6 heteroatoms. The van der Waals surface area contributed by atoms with Crippen LogP contribution in [0, 0.1) is 0 Å². The van der Waals surface area contributed by atoms with Gasteiger partial charge in [0.2, 0.25) is 0 Å². The van der Waals surface area contributed by atoms with E-state index in [1.54, 1.807) is 14.2 Å². The molecule has 0 saturated carbocycles. The lowest BCUT2D eigenvalue weighted by atomic mass is 9.78. The van der Waals surface area contributed by atoms with Crippen molar-refractivity contribution in [3.05, 3.63) is 35.4 Å². The topological polar surface area (TPSA) is 72.8 Å². The van der Waals surface area contributed by atoms with E-state index in [2.05, 4.69) is 0 Å². The fraction of sp³-hybridized carbons (Fsp3) is 0.647. The Morgan fingerprint density at radius 2 is 1.70 bits per heavy atom.